The smallest absolute Gasteiger partial charge is 0.323 e. The Balaban J connectivity index is 1.74. The summed E-state index contributed by atoms with van der Waals surface area (Å²) in [6.45, 7) is 0. The summed E-state index contributed by atoms with van der Waals surface area (Å²) in [5.74, 6) is 0.110. The number of hydrogen-bond acceptors (Lipinski definition) is 7. The van der Waals surface area contributed by atoms with Gasteiger partial charge in [0.05, 0.1) is 30.1 Å². The van der Waals surface area contributed by atoms with Gasteiger partial charge in [-0.15, -0.1) is 10.2 Å². The zero-order chi connectivity index (χ0) is 18.5. The second-order valence-corrected chi connectivity index (χ2v) is 5.57. The van der Waals surface area contributed by atoms with Gasteiger partial charge in [0.15, 0.2) is 5.82 Å². The van der Waals surface area contributed by atoms with E-state index < -0.39 is 12.0 Å². The number of nitriles is 1. The number of nitrogens with zero attached hydrogens (tertiary/aromatic N) is 5. The third-order valence-electron chi connectivity index (χ3n) is 3.79. The maximum absolute atomic E-state index is 11.4. The first-order valence-corrected chi connectivity index (χ1v) is 7.81. The fraction of sp³-hybridized carbons (Fsp3) is 0.167. The van der Waals surface area contributed by atoms with E-state index in [1.54, 1.807) is 29.2 Å². The molecule has 0 amide bonds. The van der Waals surface area contributed by atoms with Crippen molar-refractivity contribution in [3.05, 3.63) is 60.2 Å². The van der Waals surface area contributed by atoms with Gasteiger partial charge in [-0.2, -0.15) is 5.26 Å². The molecule has 2 heterocycles. The minimum atomic E-state index is -0.756. The van der Waals surface area contributed by atoms with Crippen LogP contribution in [0.1, 0.15) is 11.3 Å². The molecule has 1 unspecified atom stereocenters. The Kier molecular flexibility index (Phi) is 5.01. The monoisotopic (exact) mass is 348 g/mol. The summed E-state index contributed by atoms with van der Waals surface area (Å²) in [6, 6.07) is 12.1. The number of imidazole rings is 1. The molecule has 130 valence electrons. The van der Waals surface area contributed by atoms with E-state index in [0.717, 1.165) is 5.56 Å². The summed E-state index contributed by atoms with van der Waals surface area (Å²) in [6.07, 6.45) is 3.61. The zero-order valence-electron chi connectivity index (χ0n) is 14.0. The molecule has 0 spiro atoms. The topological polar surface area (TPSA) is 120 Å². The van der Waals surface area contributed by atoms with Gasteiger partial charge in [-0.3, -0.25) is 9.36 Å². The summed E-state index contributed by atoms with van der Waals surface area (Å²) in [5.41, 5.74) is 8.56. The fourth-order valence-corrected chi connectivity index (χ4v) is 2.39. The van der Waals surface area contributed by atoms with E-state index in [9.17, 15) is 4.79 Å². The predicted molar refractivity (Wildman–Crippen MR) is 93.0 cm³/mol. The van der Waals surface area contributed by atoms with Gasteiger partial charge >= 0.3 is 5.97 Å². The molecule has 1 atom stereocenters. The van der Waals surface area contributed by atoms with E-state index in [1.165, 1.54) is 7.11 Å². The molecule has 8 heteroatoms. The predicted octanol–water partition coefficient (Wildman–Crippen LogP) is 1.24. The van der Waals surface area contributed by atoms with Gasteiger partial charge in [-0.05, 0) is 24.3 Å². The second-order valence-electron chi connectivity index (χ2n) is 5.57. The lowest BCUT2D eigenvalue weighted by molar-refractivity contribution is -0.142. The molecular weight excluding hydrogens is 332 g/mol. The minimum Gasteiger partial charge on any atom is -0.468 e. The molecule has 8 nitrogen and oxygen atoms in total. The van der Waals surface area contributed by atoms with Gasteiger partial charge < -0.3 is 10.5 Å². The molecule has 0 saturated heterocycles. The Bertz CT molecular complexity index is 941. The molecule has 0 radical (unpaired) electrons. The molecule has 3 rings (SSSR count). The van der Waals surface area contributed by atoms with Crippen LogP contribution in [0.3, 0.4) is 0 Å². The van der Waals surface area contributed by atoms with Crippen LogP contribution in [-0.4, -0.2) is 38.9 Å². The highest BCUT2D eigenvalue weighted by Gasteiger charge is 2.16. The maximum Gasteiger partial charge on any atom is 0.323 e. The maximum atomic E-state index is 11.4. The summed E-state index contributed by atoms with van der Waals surface area (Å²) in [7, 11) is 1.30. The highest BCUT2D eigenvalue weighted by molar-refractivity contribution is 5.75. The Labute approximate surface area is 149 Å². The van der Waals surface area contributed by atoms with Crippen molar-refractivity contribution >= 4 is 5.97 Å². The number of esters is 1. The van der Waals surface area contributed by atoms with Gasteiger partial charge in [0, 0.05) is 18.2 Å². The lowest BCUT2D eigenvalue weighted by Crippen LogP contribution is -2.33. The van der Waals surface area contributed by atoms with E-state index in [1.807, 2.05) is 24.3 Å². The van der Waals surface area contributed by atoms with E-state index >= 15 is 0 Å². The molecule has 2 aromatic heterocycles. The Hall–Kier alpha value is -3.57. The van der Waals surface area contributed by atoms with Crippen LogP contribution >= 0.6 is 0 Å². The summed E-state index contributed by atoms with van der Waals surface area (Å²) in [4.78, 5) is 15.6. The van der Waals surface area contributed by atoms with Crippen LogP contribution in [0.25, 0.3) is 17.1 Å². The number of methoxy groups -OCH3 is 1. The van der Waals surface area contributed by atoms with Crippen LogP contribution in [-0.2, 0) is 16.0 Å². The molecule has 0 bridgehead atoms. The van der Waals surface area contributed by atoms with Crippen LogP contribution < -0.4 is 5.73 Å². The average Bonchev–Trinajstić information content (AvgIpc) is 3.16. The normalized spacial score (nSPS) is 11.6. The second kappa shape index (κ2) is 7.55. The first-order chi connectivity index (χ1) is 12.6. The van der Waals surface area contributed by atoms with E-state index in [-0.39, 0.29) is 6.42 Å². The summed E-state index contributed by atoms with van der Waals surface area (Å²) in [5, 5.41) is 17.3. The van der Waals surface area contributed by atoms with Crippen molar-refractivity contribution in [3.63, 3.8) is 0 Å². The highest BCUT2D eigenvalue weighted by atomic mass is 16.5. The van der Waals surface area contributed by atoms with Crippen molar-refractivity contribution in [2.75, 3.05) is 7.11 Å². The van der Waals surface area contributed by atoms with E-state index in [2.05, 4.69) is 26.0 Å². The number of rotatable bonds is 5. The quantitative estimate of drug-likeness (QED) is 0.689. The Morgan fingerprint density at radius 3 is 2.65 bits per heavy atom. The number of nitrogens with two attached hydrogens (primary N) is 1. The number of carbonyl (C=O) groups excluding carboxylic acids is 1. The number of hydrogen-bond donors (Lipinski definition) is 1. The molecule has 0 aliphatic heterocycles. The van der Waals surface area contributed by atoms with Crippen LogP contribution in [0, 0.1) is 11.3 Å². The molecule has 0 aliphatic rings. The van der Waals surface area contributed by atoms with Crippen molar-refractivity contribution in [3.8, 4) is 23.1 Å². The number of benzene rings is 1. The summed E-state index contributed by atoms with van der Waals surface area (Å²) >= 11 is 0. The minimum absolute atomic E-state index is 0.274. The highest BCUT2D eigenvalue weighted by Crippen LogP contribution is 2.17. The van der Waals surface area contributed by atoms with Crippen LogP contribution in [0.2, 0.25) is 0 Å². The van der Waals surface area contributed by atoms with E-state index in [4.69, 9.17) is 11.0 Å². The lowest BCUT2D eigenvalue weighted by atomic mass is 10.1. The summed E-state index contributed by atoms with van der Waals surface area (Å²) < 4.78 is 6.31. The Morgan fingerprint density at radius 2 is 2.04 bits per heavy atom. The first-order valence-electron chi connectivity index (χ1n) is 7.81. The van der Waals surface area contributed by atoms with Gasteiger partial charge in [0.25, 0.3) is 0 Å². The third-order valence-corrected chi connectivity index (χ3v) is 3.79. The molecule has 0 aliphatic carbocycles. The van der Waals surface area contributed by atoms with Crippen molar-refractivity contribution in [1.82, 2.24) is 19.7 Å². The molecule has 0 fully saturated rings. The molecule has 0 saturated carbocycles. The largest absolute Gasteiger partial charge is 0.468 e. The molecule has 26 heavy (non-hydrogen) atoms. The van der Waals surface area contributed by atoms with Crippen molar-refractivity contribution in [2.24, 2.45) is 5.73 Å². The SMILES string of the molecule is COC(=O)C(N)Cc1cn(-c2ccc(-c3ccc(C#N)cc3)nn2)cn1. The van der Waals surface area contributed by atoms with Gasteiger partial charge in [-0.25, -0.2) is 4.98 Å². The van der Waals surface area contributed by atoms with Crippen molar-refractivity contribution in [2.45, 2.75) is 12.5 Å². The average molecular weight is 348 g/mol. The number of carbonyl (C=O) groups is 1. The van der Waals surface area contributed by atoms with Crippen molar-refractivity contribution < 1.29 is 9.53 Å². The third kappa shape index (κ3) is 3.74. The number of aromatic nitrogens is 4. The molecular formula is C18H16N6O2. The standard InChI is InChI=1S/C18H16N6O2/c1-26-18(25)15(20)8-14-10-24(11-21-14)17-7-6-16(22-23-17)13-4-2-12(9-19)3-5-13/h2-7,10-11,15H,8,20H2,1H3. The zero-order valence-corrected chi connectivity index (χ0v) is 14.0. The lowest BCUT2D eigenvalue weighted by Gasteiger charge is -2.06. The van der Waals surface area contributed by atoms with Crippen LogP contribution in [0.15, 0.2) is 48.9 Å². The first kappa shape index (κ1) is 17.3. The van der Waals surface area contributed by atoms with Crippen molar-refractivity contribution in [1.29, 1.82) is 5.26 Å². The molecule has 1 aromatic carbocycles. The number of ether oxygens (including phenoxy) is 1. The van der Waals surface area contributed by atoms with Gasteiger partial charge in [0.1, 0.15) is 12.4 Å². The molecule has 3 aromatic rings. The molecule has 2 N–H and O–H groups in total. The fourth-order valence-electron chi connectivity index (χ4n) is 2.39. The van der Waals surface area contributed by atoms with Gasteiger partial charge in [0.2, 0.25) is 0 Å². The van der Waals surface area contributed by atoms with Gasteiger partial charge in [-0.1, -0.05) is 12.1 Å². The van der Waals surface area contributed by atoms with E-state index in [0.29, 0.717) is 22.8 Å². The van der Waals surface area contributed by atoms with Crippen LogP contribution in [0.5, 0.6) is 0 Å². The Morgan fingerprint density at radius 1 is 1.27 bits per heavy atom. The van der Waals surface area contributed by atoms with Crippen LogP contribution in [0.4, 0.5) is 0 Å².